The number of carbonyl (C=O) groups excluding carboxylic acids is 1. The fraction of sp³-hybridized carbons (Fsp3) is 0.200. The number of aromatic nitrogens is 1. The third-order valence-electron chi connectivity index (χ3n) is 1.92. The first kappa shape index (κ1) is 11.3. The van der Waals surface area contributed by atoms with Gasteiger partial charge in [-0.15, -0.1) is 11.3 Å². The molecule has 0 fully saturated rings. The van der Waals surface area contributed by atoms with Crippen LogP contribution in [0.15, 0.2) is 22.2 Å². The van der Waals surface area contributed by atoms with Gasteiger partial charge < -0.3 is 11.1 Å². The molecule has 0 saturated heterocycles. The molecule has 0 aliphatic heterocycles. The van der Waals surface area contributed by atoms with Crippen LogP contribution in [-0.4, -0.2) is 17.4 Å². The summed E-state index contributed by atoms with van der Waals surface area (Å²) in [5.74, 6) is -0.169. The van der Waals surface area contributed by atoms with Gasteiger partial charge in [0, 0.05) is 17.2 Å². The number of thiophene rings is 1. The molecule has 0 unspecified atom stereocenters. The molecule has 2 aromatic rings. The second kappa shape index (κ2) is 5.20. The van der Waals surface area contributed by atoms with Crippen molar-refractivity contribution in [2.24, 2.45) is 5.73 Å². The lowest BCUT2D eigenvalue weighted by molar-refractivity contribution is 0.102. The van der Waals surface area contributed by atoms with Crippen molar-refractivity contribution in [3.8, 4) is 0 Å². The van der Waals surface area contributed by atoms with E-state index in [-0.39, 0.29) is 5.91 Å². The molecule has 0 radical (unpaired) electrons. The topological polar surface area (TPSA) is 68.0 Å². The average Bonchev–Trinajstić information content (AvgIpc) is 2.89. The normalized spacial score (nSPS) is 10.3. The highest BCUT2D eigenvalue weighted by Gasteiger charge is 2.10. The van der Waals surface area contributed by atoms with Gasteiger partial charge in [0.25, 0.3) is 5.91 Å². The fourth-order valence-electron chi connectivity index (χ4n) is 1.18. The highest BCUT2D eigenvalue weighted by atomic mass is 32.1. The zero-order chi connectivity index (χ0) is 11.4. The van der Waals surface area contributed by atoms with Gasteiger partial charge in [0.15, 0.2) is 0 Å². The average molecular weight is 253 g/mol. The minimum absolute atomic E-state index is 0.169. The standard InChI is InChI=1S/C10H11N3OS2/c11-3-1-9-13-8(6-16-9)10(14)12-7-2-4-15-5-7/h2,4-6H,1,3,11H2,(H,12,14). The number of nitrogens with one attached hydrogen (secondary N) is 1. The van der Waals surface area contributed by atoms with Crippen LogP contribution in [0.5, 0.6) is 0 Å². The SMILES string of the molecule is NCCc1nc(C(=O)Nc2ccsc2)cs1. The number of anilines is 1. The summed E-state index contributed by atoms with van der Waals surface area (Å²) in [5.41, 5.74) is 6.69. The second-order valence-corrected chi connectivity index (χ2v) is 4.85. The molecule has 0 atom stereocenters. The van der Waals surface area contributed by atoms with Crippen LogP contribution < -0.4 is 11.1 Å². The molecule has 4 nitrogen and oxygen atoms in total. The summed E-state index contributed by atoms with van der Waals surface area (Å²) in [6.07, 6.45) is 0.719. The minimum atomic E-state index is -0.169. The summed E-state index contributed by atoms with van der Waals surface area (Å²) in [5, 5.41) is 9.23. The number of hydrogen-bond acceptors (Lipinski definition) is 5. The molecule has 6 heteroatoms. The summed E-state index contributed by atoms with van der Waals surface area (Å²) in [4.78, 5) is 15.9. The molecule has 0 bridgehead atoms. The number of thiazole rings is 1. The smallest absolute Gasteiger partial charge is 0.275 e. The van der Waals surface area contributed by atoms with Gasteiger partial charge in [-0.05, 0) is 18.0 Å². The molecule has 0 saturated carbocycles. The first-order valence-corrected chi connectivity index (χ1v) is 6.60. The maximum atomic E-state index is 11.7. The Hall–Kier alpha value is -1.24. The lowest BCUT2D eigenvalue weighted by Crippen LogP contribution is -2.12. The van der Waals surface area contributed by atoms with E-state index in [9.17, 15) is 4.79 Å². The predicted octanol–water partition coefficient (Wildman–Crippen LogP) is 1.96. The molecule has 2 rings (SSSR count). The first-order chi connectivity index (χ1) is 7.79. The van der Waals surface area contributed by atoms with Crippen molar-refractivity contribution in [3.05, 3.63) is 32.9 Å². The van der Waals surface area contributed by atoms with Gasteiger partial charge in [-0.2, -0.15) is 11.3 Å². The largest absolute Gasteiger partial charge is 0.330 e. The Morgan fingerprint density at radius 3 is 3.06 bits per heavy atom. The van der Waals surface area contributed by atoms with Crippen LogP contribution in [0.25, 0.3) is 0 Å². The van der Waals surface area contributed by atoms with E-state index in [1.807, 2.05) is 16.8 Å². The Morgan fingerprint density at radius 2 is 2.38 bits per heavy atom. The van der Waals surface area contributed by atoms with Crippen molar-refractivity contribution in [2.45, 2.75) is 6.42 Å². The summed E-state index contributed by atoms with van der Waals surface area (Å²) in [6, 6.07) is 1.86. The molecule has 1 amide bonds. The van der Waals surface area contributed by atoms with E-state index in [2.05, 4.69) is 10.3 Å². The van der Waals surface area contributed by atoms with Gasteiger partial charge in [-0.1, -0.05) is 0 Å². The van der Waals surface area contributed by atoms with E-state index in [0.29, 0.717) is 12.2 Å². The second-order valence-electron chi connectivity index (χ2n) is 3.13. The Bertz CT molecular complexity index is 464. The van der Waals surface area contributed by atoms with Crippen molar-refractivity contribution in [1.29, 1.82) is 0 Å². The monoisotopic (exact) mass is 253 g/mol. The van der Waals surface area contributed by atoms with E-state index in [0.717, 1.165) is 17.1 Å². The molecule has 0 aliphatic carbocycles. The van der Waals surface area contributed by atoms with Gasteiger partial charge in [0.2, 0.25) is 0 Å². The maximum absolute atomic E-state index is 11.7. The lowest BCUT2D eigenvalue weighted by Gasteiger charge is -1.98. The predicted molar refractivity (Wildman–Crippen MR) is 67.1 cm³/mol. The van der Waals surface area contributed by atoms with E-state index in [1.165, 1.54) is 11.3 Å². The first-order valence-electron chi connectivity index (χ1n) is 4.77. The van der Waals surface area contributed by atoms with Crippen molar-refractivity contribution in [2.75, 3.05) is 11.9 Å². The number of hydrogen-bond donors (Lipinski definition) is 2. The third-order valence-corrected chi connectivity index (χ3v) is 3.51. The fourth-order valence-corrected chi connectivity index (χ4v) is 2.57. The molecule has 2 heterocycles. The quantitative estimate of drug-likeness (QED) is 0.875. The Morgan fingerprint density at radius 1 is 1.50 bits per heavy atom. The summed E-state index contributed by atoms with van der Waals surface area (Å²) in [7, 11) is 0. The zero-order valence-electron chi connectivity index (χ0n) is 8.47. The van der Waals surface area contributed by atoms with Gasteiger partial charge in [0.05, 0.1) is 10.7 Å². The number of rotatable bonds is 4. The third kappa shape index (κ3) is 2.66. The zero-order valence-corrected chi connectivity index (χ0v) is 10.1. The number of nitrogens with zero attached hydrogens (tertiary/aromatic N) is 1. The van der Waals surface area contributed by atoms with E-state index >= 15 is 0 Å². The maximum Gasteiger partial charge on any atom is 0.275 e. The molecule has 3 N–H and O–H groups in total. The Kier molecular flexibility index (Phi) is 3.66. The van der Waals surface area contributed by atoms with E-state index in [4.69, 9.17) is 5.73 Å². The van der Waals surface area contributed by atoms with Gasteiger partial charge in [0.1, 0.15) is 5.69 Å². The van der Waals surface area contributed by atoms with Crippen LogP contribution in [0.1, 0.15) is 15.5 Å². The van der Waals surface area contributed by atoms with Crippen LogP contribution in [0.2, 0.25) is 0 Å². The highest BCUT2D eigenvalue weighted by Crippen LogP contribution is 2.15. The molecule has 84 valence electrons. The molecule has 0 aromatic carbocycles. The molecule has 2 aromatic heterocycles. The number of carbonyl (C=O) groups is 1. The Labute approximate surface area is 101 Å². The van der Waals surface area contributed by atoms with Crippen molar-refractivity contribution in [3.63, 3.8) is 0 Å². The van der Waals surface area contributed by atoms with Crippen molar-refractivity contribution in [1.82, 2.24) is 4.98 Å². The van der Waals surface area contributed by atoms with Crippen molar-refractivity contribution < 1.29 is 4.79 Å². The van der Waals surface area contributed by atoms with Crippen LogP contribution in [0.4, 0.5) is 5.69 Å². The van der Waals surface area contributed by atoms with Crippen LogP contribution in [-0.2, 0) is 6.42 Å². The summed E-state index contributed by atoms with van der Waals surface area (Å²) < 4.78 is 0. The van der Waals surface area contributed by atoms with E-state index in [1.54, 1.807) is 16.7 Å². The Balaban J connectivity index is 2.03. The van der Waals surface area contributed by atoms with Gasteiger partial charge >= 0.3 is 0 Å². The summed E-state index contributed by atoms with van der Waals surface area (Å²) in [6.45, 7) is 0.555. The van der Waals surface area contributed by atoms with Crippen LogP contribution in [0, 0.1) is 0 Å². The van der Waals surface area contributed by atoms with Crippen LogP contribution >= 0.6 is 22.7 Å². The highest BCUT2D eigenvalue weighted by molar-refractivity contribution is 7.09. The number of amides is 1. The van der Waals surface area contributed by atoms with Gasteiger partial charge in [-0.25, -0.2) is 4.98 Å². The number of nitrogens with two attached hydrogens (primary N) is 1. The van der Waals surface area contributed by atoms with Crippen molar-refractivity contribution >= 4 is 34.3 Å². The van der Waals surface area contributed by atoms with E-state index < -0.39 is 0 Å². The van der Waals surface area contributed by atoms with Gasteiger partial charge in [-0.3, -0.25) is 4.79 Å². The summed E-state index contributed by atoms with van der Waals surface area (Å²) >= 11 is 3.01. The molecular formula is C10H11N3OS2. The minimum Gasteiger partial charge on any atom is -0.330 e. The molecule has 0 aliphatic rings. The lowest BCUT2D eigenvalue weighted by atomic mass is 10.4. The molecule has 16 heavy (non-hydrogen) atoms. The van der Waals surface area contributed by atoms with Crippen LogP contribution in [0.3, 0.4) is 0 Å². The molecular weight excluding hydrogens is 242 g/mol. The molecule has 0 spiro atoms.